The third-order valence-corrected chi connectivity index (χ3v) is 3.22. The Morgan fingerprint density at radius 3 is 3.00 bits per heavy atom. The third-order valence-electron chi connectivity index (χ3n) is 3.22. The van der Waals surface area contributed by atoms with Gasteiger partial charge in [0.25, 0.3) is 5.91 Å². The summed E-state index contributed by atoms with van der Waals surface area (Å²) in [6.07, 6.45) is 2.58. The van der Waals surface area contributed by atoms with Crippen molar-refractivity contribution in [2.75, 3.05) is 24.6 Å². The lowest BCUT2D eigenvalue weighted by molar-refractivity contribution is -0.125. The molecule has 0 aromatic heterocycles. The van der Waals surface area contributed by atoms with E-state index < -0.39 is 0 Å². The van der Waals surface area contributed by atoms with Crippen molar-refractivity contribution in [2.45, 2.75) is 19.8 Å². The van der Waals surface area contributed by atoms with Crippen molar-refractivity contribution in [1.82, 2.24) is 5.32 Å². The van der Waals surface area contributed by atoms with Crippen LogP contribution in [0, 0.1) is 0 Å². The Morgan fingerprint density at radius 1 is 1.48 bits per heavy atom. The second-order valence-electron chi connectivity index (χ2n) is 4.82. The van der Waals surface area contributed by atoms with Gasteiger partial charge in [0, 0.05) is 12.1 Å². The molecule has 2 rings (SSSR count). The van der Waals surface area contributed by atoms with Crippen molar-refractivity contribution in [2.24, 2.45) is 0 Å². The van der Waals surface area contributed by atoms with Crippen LogP contribution in [0.15, 0.2) is 18.2 Å². The van der Waals surface area contributed by atoms with Crippen LogP contribution in [0.1, 0.15) is 30.1 Å². The smallest absolute Gasteiger partial charge is 0.265 e. The van der Waals surface area contributed by atoms with Crippen molar-refractivity contribution in [3.8, 4) is 5.75 Å². The number of amides is 2. The van der Waals surface area contributed by atoms with E-state index in [-0.39, 0.29) is 25.0 Å². The molecule has 0 spiro atoms. The number of hydrogen-bond donors (Lipinski definition) is 1. The molecule has 21 heavy (non-hydrogen) atoms. The lowest BCUT2D eigenvalue weighted by atomic mass is 10.1. The van der Waals surface area contributed by atoms with E-state index in [4.69, 9.17) is 4.74 Å². The van der Waals surface area contributed by atoms with Crippen LogP contribution in [0.5, 0.6) is 5.75 Å². The maximum absolute atomic E-state index is 12.0. The number of hydrogen-bond acceptors (Lipinski definition) is 4. The first-order chi connectivity index (χ1) is 10.2. The molecule has 0 radical (unpaired) electrons. The van der Waals surface area contributed by atoms with Crippen LogP contribution in [-0.2, 0) is 9.59 Å². The number of rotatable bonds is 6. The first-order valence-corrected chi connectivity index (χ1v) is 6.94. The molecule has 0 unspecified atom stereocenters. The number of carbonyl (C=O) groups excluding carboxylic acids is 3. The zero-order valence-corrected chi connectivity index (χ0v) is 11.9. The molecule has 6 nitrogen and oxygen atoms in total. The molecular formula is C15H18N2O4. The summed E-state index contributed by atoms with van der Waals surface area (Å²) in [5.74, 6) is -0.0149. The van der Waals surface area contributed by atoms with E-state index in [2.05, 4.69) is 5.32 Å². The second kappa shape index (κ2) is 6.88. The van der Waals surface area contributed by atoms with Gasteiger partial charge in [-0.05, 0) is 24.6 Å². The van der Waals surface area contributed by atoms with E-state index in [0.29, 0.717) is 29.8 Å². The number of ether oxygens (including phenoxy) is 1. The molecule has 0 bridgehead atoms. The molecular weight excluding hydrogens is 272 g/mol. The Hall–Kier alpha value is -2.37. The number of aldehydes is 1. The number of benzene rings is 1. The standard InChI is InChI=1S/C15H18N2O4/c1-2-3-6-16-14(19)8-17-12-7-11(9-18)4-5-13(12)21-10-15(17)20/h4-5,7,9H,2-3,6,8,10H2,1H3,(H,16,19). The van der Waals surface area contributed by atoms with Crippen LogP contribution >= 0.6 is 0 Å². The number of nitrogens with zero attached hydrogens (tertiary/aromatic N) is 1. The molecule has 2 amide bonds. The lowest BCUT2D eigenvalue weighted by Crippen LogP contribution is -2.45. The van der Waals surface area contributed by atoms with Gasteiger partial charge < -0.3 is 10.1 Å². The van der Waals surface area contributed by atoms with Crippen molar-refractivity contribution >= 4 is 23.8 Å². The van der Waals surface area contributed by atoms with Gasteiger partial charge in [0.1, 0.15) is 18.6 Å². The summed E-state index contributed by atoms with van der Waals surface area (Å²) in [7, 11) is 0. The van der Waals surface area contributed by atoms with E-state index in [1.807, 2.05) is 6.92 Å². The van der Waals surface area contributed by atoms with Crippen LogP contribution in [0.4, 0.5) is 5.69 Å². The Morgan fingerprint density at radius 2 is 2.29 bits per heavy atom. The zero-order valence-electron chi connectivity index (χ0n) is 11.9. The van der Waals surface area contributed by atoms with E-state index in [0.717, 1.165) is 12.8 Å². The predicted molar refractivity (Wildman–Crippen MR) is 77.6 cm³/mol. The van der Waals surface area contributed by atoms with Gasteiger partial charge in [-0.1, -0.05) is 13.3 Å². The van der Waals surface area contributed by atoms with Gasteiger partial charge in [-0.25, -0.2) is 0 Å². The number of anilines is 1. The number of nitrogens with one attached hydrogen (secondary N) is 1. The maximum atomic E-state index is 12.0. The molecule has 1 aliphatic rings. The van der Waals surface area contributed by atoms with Crippen LogP contribution < -0.4 is 15.0 Å². The Labute approximate surface area is 123 Å². The third kappa shape index (κ3) is 3.59. The quantitative estimate of drug-likeness (QED) is 0.629. The monoisotopic (exact) mass is 290 g/mol. The van der Waals surface area contributed by atoms with Gasteiger partial charge >= 0.3 is 0 Å². The average Bonchev–Trinajstić information content (AvgIpc) is 2.50. The van der Waals surface area contributed by atoms with Crippen molar-refractivity contribution < 1.29 is 19.1 Å². The Balaban J connectivity index is 2.14. The van der Waals surface area contributed by atoms with Gasteiger partial charge in [0.05, 0.1) is 5.69 Å². The zero-order chi connectivity index (χ0) is 15.2. The van der Waals surface area contributed by atoms with Gasteiger partial charge in [-0.2, -0.15) is 0 Å². The van der Waals surface area contributed by atoms with Gasteiger partial charge in [-0.15, -0.1) is 0 Å². The number of fused-ring (bicyclic) bond motifs is 1. The van der Waals surface area contributed by atoms with Gasteiger partial charge in [-0.3, -0.25) is 19.3 Å². The second-order valence-corrected chi connectivity index (χ2v) is 4.82. The molecule has 6 heteroatoms. The van der Waals surface area contributed by atoms with E-state index in [1.54, 1.807) is 18.2 Å². The molecule has 112 valence electrons. The molecule has 0 fully saturated rings. The molecule has 0 aliphatic carbocycles. The highest BCUT2D eigenvalue weighted by atomic mass is 16.5. The highest BCUT2D eigenvalue weighted by Crippen LogP contribution is 2.32. The summed E-state index contributed by atoms with van der Waals surface area (Å²) >= 11 is 0. The summed E-state index contributed by atoms with van der Waals surface area (Å²) in [5, 5.41) is 2.77. The summed E-state index contributed by atoms with van der Waals surface area (Å²) in [4.78, 5) is 36.0. The molecule has 0 atom stereocenters. The van der Waals surface area contributed by atoms with E-state index >= 15 is 0 Å². The lowest BCUT2D eigenvalue weighted by Gasteiger charge is -2.29. The summed E-state index contributed by atoms with van der Waals surface area (Å²) in [6.45, 7) is 2.46. The minimum absolute atomic E-state index is 0.0682. The number of carbonyl (C=O) groups is 3. The summed E-state index contributed by atoms with van der Waals surface area (Å²) < 4.78 is 5.31. The predicted octanol–water partition coefficient (Wildman–Crippen LogP) is 1.14. The fourth-order valence-corrected chi connectivity index (χ4v) is 2.07. The Kier molecular flexibility index (Phi) is 4.92. The fourth-order valence-electron chi connectivity index (χ4n) is 2.07. The maximum Gasteiger partial charge on any atom is 0.265 e. The molecule has 1 aliphatic heterocycles. The highest BCUT2D eigenvalue weighted by Gasteiger charge is 2.27. The minimum Gasteiger partial charge on any atom is -0.482 e. The Bertz CT molecular complexity index is 557. The normalized spacial score (nSPS) is 13.4. The first-order valence-electron chi connectivity index (χ1n) is 6.94. The largest absolute Gasteiger partial charge is 0.482 e. The first kappa shape index (κ1) is 15.0. The average molecular weight is 290 g/mol. The molecule has 1 aromatic rings. The minimum atomic E-state index is -0.295. The SMILES string of the molecule is CCCCNC(=O)CN1C(=O)COc2ccc(C=O)cc21. The van der Waals surface area contributed by atoms with Crippen molar-refractivity contribution in [3.05, 3.63) is 23.8 Å². The number of unbranched alkanes of at least 4 members (excludes halogenated alkanes) is 1. The van der Waals surface area contributed by atoms with Crippen molar-refractivity contribution in [1.29, 1.82) is 0 Å². The van der Waals surface area contributed by atoms with E-state index in [9.17, 15) is 14.4 Å². The fraction of sp³-hybridized carbons (Fsp3) is 0.400. The van der Waals surface area contributed by atoms with Crippen LogP contribution in [0.2, 0.25) is 0 Å². The van der Waals surface area contributed by atoms with Gasteiger partial charge in [0.2, 0.25) is 5.91 Å². The molecule has 1 aromatic carbocycles. The highest BCUT2D eigenvalue weighted by molar-refractivity contribution is 6.02. The topological polar surface area (TPSA) is 75.7 Å². The van der Waals surface area contributed by atoms with Crippen LogP contribution in [0.3, 0.4) is 0 Å². The molecule has 1 N–H and O–H groups in total. The molecule has 0 saturated carbocycles. The molecule has 0 saturated heterocycles. The summed E-state index contributed by atoms with van der Waals surface area (Å²) in [6, 6.07) is 4.80. The molecule has 1 heterocycles. The van der Waals surface area contributed by atoms with Crippen LogP contribution in [0.25, 0.3) is 0 Å². The summed E-state index contributed by atoms with van der Waals surface area (Å²) in [5.41, 5.74) is 0.893. The van der Waals surface area contributed by atoms with E-state index in [1.165, 1.54) is 4.90 Å². The van der Waals surface area contributed by atoms with Crippen LogP contribution in [-0.4, -0.2) is 37.8 Å². The van der Waals surface area contributed by atoms with Crippen molar-refractivity contribution in [3.63, 3.8) is 0 Å². The van der Waals surface area contributed by atoms with Gasteiger partial charge in [0.15, 0.2) is 6.61 Å².